The summed E-state index contributed by atoms with van der Waals surface area (Å²) in [7, 11) is -3.82. The zero-order valence-electron chi connectivity index (χ0n) is 10.7. The summed E-state index contributed by atoms with van der Waals surface area (Å²) in [5, 5.41) is 8.35. The van der Waals surface area contributed by atoms with Crippen molar-refractivity contribution in [2.75, 3.05) is 5.32 Å². The van der Waals surface area contributed by atoms with Crippen LogP contribution >= 0.6 is 34.5 Å². The minimum atomic E-state index is -3.82. The molecule has 0 saturated heterocycles. The maximum Gasteiger partial charge on any atom is 0.266 e. The monoisotopic (exact) mass is 364 g/mol. The Balaban J connectivity index is 2.28. The molecule has 1 heterocycles. The molecule has 0 unspecified atom stereocenters. The number of benzene rings is 1. The van der Waals surface area contributed by atoms with E-state index in [4.69, 9.17) is 28.3 Å². The first kappa shape index (κ1) is 16.3. The van der Waals surface area contributed by atoms with Gasteiger partial charge in [-0.25, -0.2) is 13.6 Å². The van der Waals surface area contributed by atoms with Crippen molar-refractivity contribution in [2.24, 2.45) is 5.14 Å². The average molecular weight is 365 g/mol. The van der Waals surface area contributed by atoms with Gasteiger partial charge in [-0.2, -0.15) is 0 Å². The maximum atomic E-state index is 12.2. The van der Waals surface area contributed by atoms with Gasteiger partial charge in [0.25, 0.3) is 5.91 Å². The van der Waals surface area contributed by atoms with Gasteiger partial charge >= 0.3 is 0 Å². The number of hydrogen-bond donors (Lipinski definition) is 2. The van der Waals surface area contributed by atoms with Crippen molar-refractivity contribution in [3.63, 3.8) is 0 Å². The highest BCUT2D eigenvalue weighted by molar-refractivity contribution is 7.91. The summed E-state index contributed by atoms with van der Waals surface area (Å²) in [4.78, 5) is 12.4. The summed E-state index contributed by atoms with van der Waals surface area (Å²) in [6.45, 7) is 1.63. The number of primary sulfonamides is 1. The quantitative estimate of drug-likeness (QED) is 0.875. The number of nitrogens with one attached hydrogen (secondary N) is 1. The van der Waals surface area contributed by atoms with Crippen LogP contribution in [0.2, 0.25) is 10.0 Å². The molecule has 112 valence electrons. The summed E-state index contributed by atoms with van der Waals surface area (Å²) in [6, 6.07) is 6.02. The molecule has 21 heavy (non-hydrogen) atoms. The third-order valence-corrected chi connectivity index (χ3v) is 5.95. The third kappa shape index (κ3) is 3.75. The second kappa shape index (κ2) is 5.94. The molecular weight excluding hydrogens is 355 g/mol. The van der Waals surface area contributed by atoms with Crippen molar-refractivity contribution in [3.05, 3.63) is 44.8 Å². The summed E-state index contributed by atoms with van der Waals surface area (Å²) >= 11 is 12.5. The molecule has 1 aromatic heterocycles. The second-order valence-electron chi connectivity index (χ2n) is 4.21. The van der Waals surface area contributed by atoms with Gasteiger partial charge in [0.15, 0.2) is 0 Å². The van der Waals surface area contributed by atoms with Crippen LogP contribution in [0.4, 0.5) is 5.69 Å². The van der Waals surface area contributed by atoms with Crippen LogP contribution in [0.3, 0.4) is 0 Å². The average Bonchev–Trinajstić information content (AvgIpc) is 2.76. The zero-order chi connectivity index (χ0) is 15.8. The van der Waals surface area contributed by atoms with E-state index in [0.29, 0.717) is 21.3 Å². The molecule has 2 aromatic rings. The fraction of sp³-hybridized carbons (Fsp3) is 0.0833. The normalized spacial score (nSPS) is 11.4. The number of sulfonamides is 1. The highest BCUT2D eigenvalue weighted by Crippen LogP contribution is 2.28. The van der Waals surface area contributed by atoms with Crippen molar-refractivity contribution in [1.82, 2.24) is 0 Å². The number of carbonyl (C=O) groups excluding carboxylic acids is 1. The van der Waals surface area contributed by atoms with Crippen LogP contribution in [0, 0.1) is 6.92 Å². The van der Waals surface area contributed by atoms with Crippen LogP contribution in [0.5, 0.6) is 0 Å². The number of halogens is 2. The van der Waals surface area contributed by atoms with E-state index in [1.165, 1.54) is 12.1 Å². The Bertz CT molecular complexity index is 816. The SMILES string of the molecule is Cc1cc(S(N)(=O)=O)sc1C(=O)Nc1ccc(Cl)c(Cl)c1. The van der Waals surface area contributed by atoms with Crippen LogP contribution in [0.15, 0.2) is 28.5 Å². The lowest BCUT2D eigenvalue weighted by atomic mass is 10.2. The lowest BCUT2D eigenvalue weighted by Crippen LogP contribution is -2.11. The third-order valence-electron chi connectivity index (χ3n) is 2.56. The van der Waals surface area contributed by atoms with Gasteiger partial charge in [0, 0.05) is 5.69 Å². The van der Waals surface area contributed by atoms with Crippen molar-refractivity contribution in [2.45, 2.75) is 11.1 Å². The smallest absolute Gasteiger partial charge is 0.266 e. The summed E-state index contributed by atoms with van der Waals surface area (Å²) in [5.74, 6) is -0.439. The molecular formula is C12H10Cl2N2O3S2. The number of nitrogens with two attached hydrogens (primary N) is 1. The van der Waals surface area contributed by atoms with Crippen molar-refractivity contribution in [1.29, 1.82) is 0 Å². The molecule has 0 aliphatic rings. The van der Waals surface area contributed by atoms with Gasteiger partial charge in [-0.3, -0.25) is 4.79 Å². The first-order valence-electron chi connectivity index (χ1n) is 5.58. The molecule has 0 aliphatic heterocycles. The number of hydrogen-bond acceptors (Lipinski definition) is 4. The summed E-state index contributed by atoms with van der Waals surface area (Å²) in [6.07, 6.45) is 0. The summed E-state index contributed by atoms with van der Waals surface area (Å²) in [5.41, 5.74) is 0.987. The van der Waals surface area contributed by atoms with Crippen molar-refractivity contribution < 1.29 is 13.2 Å². The number of carbonyl (C=O) groups is 1. The summed E-state index contributed by atoms with van der Waals surface area (Å²) < 4.78 is 22.5. The molecule has 0 bridgehead atoms. The molecule has 0 saturated carbocycles. The van der Waals surface area contributed by atoms with Crippen LogP contribution in [0.25, 0.3) is 0 Å². The van der Waals surface area contributed by atoms with Gasteiger partial charge in [-0.1, -0.05) is 23.2 Å². The van der Waals surface area contributed by atoms with E-state index in [1.54, 1.807) is 19.1 Å². The zero-order valence-corrected chi connectivity index (χ0v) is 13.8. The van der Waals surface area contributed by atoms with E-state index in [-0.39, 0.29) is 9.09 Å². The number of aryl methyl sites for hydroxylation is 1. The fourth-order valence-corrected chi connectivity index (χ4v) is 3.73. The maximum absolute atomic E-state index is 12.2. The van der Waals surface area contributed by atoms with E-state index >= 15 is 0 Å². The van der Waals surface area contributed by atoms with Gasteiger partial charge in [0.1, 0.15) is 4.21 Å². The number of amides is 1. The van der Waals surface area contributed by atoms with E-state index in [2.05, 4.69) is 5.32 Å². The fourth-order valence-electron chi connectivity index (χ4n) is 1.58. The molecule has 0 fully saturated rings. The Hall–Kier alpha value is -1.12. The van der Waals surface area contributed by atoms with Crippen LogP contribution in [-0.2, 0) is 10.0 Å². The highest BCUT2D eigenvalue weighted by Gasteiger charge is 2.19. The number of rotatable bonds is 3. The van der Waals surface area contributed by atoms with Gasteiger partial charge in [0.2, 0.25) is 10.0 Å². The predicted molar refractivity (Wildman–Crippen MR) is 84.8 cm³/mol. The first-order chi connectivity index (χ1) is 9.68. The first-order valence-corrected chi connectivity index (χ1v) is 8.70. The number of thiophene rings is 1. The molecule has 9 heteroatoms. The lowest BCUT2D eigenvalue weighted by Gasteiger charge is -2.05. The van der Waals surface area contributed by atoms with Gasteiger partial charge in [-0.15, -0.1) is 11.3 Å². The van der Waals surface area contributed by atoms with Gasteiger partial charge in [-0.05, 0) is 36.8 Å². The molecule has 1 aromatic carbocycles. The standard InChI is InChI=1S/C12H10Cl2N2O3S2/c1-6-4-10(21(15,18)19)20-11(6)12(17)16-7-2-3-8(13)9(14)5-7/h2-5H,1H3,(H,16,17)(H2,15,18,19). The molecule has 0 spiro atoms. The van der Waals surface area contributed by atoms with Gasteiger partial charge < -0.3 is 5.32 Å². The van der Waals surface area contributed by atoms with Crippen molar-refractivity contribution >= 4 is 56.2 Å². The highest BCUT2D eigenvalue weighted by atomic mass is 35.5. The molecule has 0 atom stereocenters. The largest absolute Gasteiger partial charge is 0.321 e. The van der Waals surface area contributed by atoms with Crippen molar-refractivity contribution in [3.8, 4) is 0 Å². The molecule has 0 aliphatic carbocycles. The lowest BCUT2D eigenvalue weighted by molar-refractivity contribution is 0.103. The van der Waals surface area contributed by atoms with E-state index < -0.39 is 15.9 Å². The molecule has 5 nitrogen and oxygen atoms in total. The van der Waals surface area contributed by atoms with Gasteiger partial charge in [0.05, 0.1) is 14.9 Å². The predicted octanol–water partition coefficient (Wildman–Crippen LogP) is 3.26. The molecule has 1 amide bonds. The molecule has 0 radical (unpaired) electrons. The molecule has 2 rings (SSSR count). The van der Waals surface area contributed by atoms with Crippen LogP contribution in [-0.4, -0.2) is 14.3 Å². The van der Waals surface area contributed by atoms with Crippen LogP contribution in [0.1, 0.15) is 15.2 Å². The minimum absolute atomic E-state index is 0.0562. The Kier molecular flexibility index (Phi) is 4.60. The Morgan fingerprint density at radius 1 is 1.24 bits per heavy atom. The Labute approximate surface area is 135 Å². The molecule has 3 N–H and O–H groups in total. The van der Waals surface area contributed by atoms with E-state index in [0.717, 1.165) is 11.3 Å². The Morgan fingerprint density at radius 2 is 1.90 bits per heavy atom. The number of anilines is 1. The van der Waals surface area contributed by atoms with Crippen LogP contribution < -0.4 is 10.5 Å². The van der Waals surface area contributed by atoms with E-state index in [9.17, 15) is 13.2 Å². The Morgan fingerprint density at radius 3 is 2.43 bits per heavy atom. The second-order valence-corrected chi connectivity index (χ2v) is 7.86. The van der Waals surface area contributed by atoms with E-state index in [1.807, 2.05) is 0 Å². The topological polar surface area (TPSA) is 89.3 Å². The minimum Gasteiger partial charge on any atom is -0.321 e.